The second-order valence-corrected chi connectivity index (χ2v) is 5.83. The molecular weight excluding hydrogens is 274 g/mol. The number of carbonyl (C=O) groups is 1. The molecule has 0 saturated carbocycles. The van der Waals surface area contributed by atoms with E-state index in [1.165, 1.54) is 0 Å². The summed E-state index contributed by atoms with van der Waals surface area (Å²) in [6.45, 7) is 4.18. The molecule has 0 aromatic heterocycles. The summed E-state index contributed by atoms with van der Waals surface area (Å²) in [5, 5.41) is 18.9. The van der Waals surface area contributed by atoms with Crippen LogP contribution in [0.3, 0.4) is 0 Å². The van der Waals surface area contributed by atoms with Gasteiger partial charge in [-0.2, -0.15) is 0 Å². The van der Waals surface area contributed by atoms with Gasteiger partial charge in [-0.05, 0) is 32.7 Å². The lowest BCUT2D eigenvalue weighted by molar-refractivity contribution is -0.137. The maximum absolute atomic E-state index is 10.7. The van der Waals surface area contributed by atoms with Crippen LogP contribution in [0, 0.1) is 0 Å². The zero-order valence-corrected chi connectivity index (χ0v) is 13.2. The van der Waals surface area contributed by atoms with Gasteiger partial charge in [0.05, 0.1) is 25.4 Å². The van der Waals surface area contributed by atoms with Gasteiger partial charge in [-0.3, -0.25) is 9.69 Å². The monoisotopic (exact) mass is 303 g/mol. The van der Waals surface area contributed by atoms with Crippen LogP contribution in [0.4, 0.5) is 0 Å². The van der Waals surface area contributed by atoms with Crippen molar-refractivity contribution >= 4 is 5.97 Å². The molecule has 124 valence electrons. The molecule has 1 rings (SSSR count). The molecule has 0 radical (unpaired) electrons. The van der Waals surface area contributed by atoms with E-state index in [0.717, 1.165) is 25.8 Å². The number of nitrogens with zero attached hydrogens (tertiary/aromatic N) is 1. The first-order chi connectivity index (χ1) is 10.0. The van der Waals surface area contributed by atoms with Gasteiger partial charge in [0.25, 0.3) is 0 Å². The number of carboxylic acid groups (broad SMARTS) is 1. The molecule has 1 heterocycles. The van der Waals surface area contributed by atoms with E-state index in [2.05, 4.69) is 4.90 Å². The van der Waals surface area contributed by atoms with Crippen molar-refractivity contribution in [1.29, 1.82) is 0 Å². The second-order valence-electron chi connectivity index (χ2n) is 5.83. The molecule has 1 aliphatic heterocycles. The van der Waals surface area contributed by atoms with E-state index < -0.39 is 12.1 Å². The van der Waals surface area contributed by atoms with E-state index >= 15 is 0 Å². The molecule has 6 heteroatoms. The zero-order chi connectivity index (χ0) is 15.7. The number of hydrogen-bond donors (Lipinski definition) is 2. The van der Waals surface area contributed by atoms with Gasteiger partial charge in [-0.15, -0.1) is 0 Å². The summed E-state index contributed by atoms with van der Waals surface area (Å²) in [5.41, 5.74) is 0. The van der Waals surface area contributed by atoms with Crippen LogP contribution in [0.1, 0.15) is 39.0 Å². The summed E-state index contributed by atoms with van der Waals surface area (Å²) in [5.74, 6) is -0.752. The van der Waals surface area contributed by atoms with Gasteiger partial charge >= 0.3 is 5.97 Å². The number of piperidine rings is 1. The number of aliphatic carboxylic acids is 1. The smallest absolute Gasteiger partial charge is 0.303 e. The largest absolute Gasteiger partial charge is 0.481 e. The Bertz CT molecular complexity index is 300. The lowest BCUT2D eigenvalue weighted by Crippen LogP contribution is -2.45. The normalized spacial score (nSPS) is 22.9. The summed E-state index contributed by atoms with van der Waals surface area (Å²) in [4.78, 5) is 12.9. The molecule has 0 amide bonds. The maximum atomic E-state index is 10.7. The summed E-state index contributed by atoms with van der Waals surface area (Å²) < 4.78 is 10.5. The SMILES string of the molecule is COCC(C)OCC(O)CN1CCCCC1CCC(=O)O. The Balaban J connectivity index is 2.32. The van der Waals surface area contributed by atoms with Gasteiger partial charge in [0.1, 0.15) is 0 Å². The Hall–Kier alpha value is -0.690. The number of rotatable bonds is 10. The number of hydrogen-bond acceptors (Lipinski definition) is 5. The van der Waals surface area contributed by atoms with Gasteiger partial charge in [0.15, 0.2) is 0 Å². The van der Waals surface area contributed by atoms with Crippen LogP contribution in [0.25, 0.3) is 0 Å². The van der Waals surface area contributed by atoms with Gasteiger partial charge in [0, 0.05) is 26.1 Å². The summed E-state index contributed by atoms with van der Waals surface area (Å²) in [6, 6.07) is 0.265. The van der Waals surface area contributed by atoms with E-state index in [9.17, 15) is 9.90 Å². The molecular formula is C15H29NO5. The average molecular weight is 303 g/mol. The first-order valence-corrected chi connectivity index (χ1v) is 7.77. The van der Waals surface area contributed by atoms with Gasteiger partial charge in [-0.25, -0.2) is 0 Å². The van der Waals surface area contributed by atoms with Crippen molar-refractivity contribution in [3.63, 3.8) is 0 Å². The predicted molar refractivity (Wildman–Crippen MR) is 79.4 cm³/mol. The van der Waals surface area contributed by atoms with E-state index in [-0.39, 0.29) is 25.2 Å². The Morgan fingerprint density at radius 3 is 2.81 bits per heavy atom. The number of carboxylic acids is 1. The second kappa shape index (κ2) is 10.1. The Morgan fingerprint density at radius 1 is 1.38 bits per heavy atom. The van der Waals surface area contributed by atoms with E-state index in [1.54, 1.807) is 7.11 Å². The molecule has 1 aliphatic rings. The quantitative estimate of drug-likeness (QED) is 0.629. The molecule has 0 aromatic rings. The minimum absolute atomic E-state index is 0.0335. The standard InChI is InChI=1S/C15H29NO5/c1-12(10-20-2)21-11-14(17)9-16-8-4-3-5-13(16)6-7-15(18)19/h12-14,17H,3-11H2,1-2H3,(H,18,19). The molecule has 6 nitrogen and oxygen atoms in total. The van der Waals surface area contributed by atoms with Crippen molar-refractivity contribution in [3.05, 3.63) is 0 Å². The Labute approximate surface area is 127 Å². The number of ether oxygens (including phenoxy) is 2. The number of aliphatic hydroxyl groups is 1. The van der Waals surface area contributed by atoms with Crippen LogP contribution >= 0.6 is 0 Å². The van der Waals surface area contributed by atoms with E-state index in [1.807, 2.05) is 6.92 Å². The number of methoxy groups -OCH3 is 1. The molecule has 1 saturated heterocycles. The van der Waals surface area contributed by atoms with Gasteiger partial charge < -0.3 is 19.7 Å². The minimum Gasteiger partial charge on any atom is -0.481 e. The minimum atomic E-state index is -0.752. The van der Waals surface area contributed by atoms with Crippen molar-refractivity contribution in [2.45, 2.75) is 57.3 Å². The maximum Gasteiger partial charge on any atom is 0.303 e. The van der Waals surface area contributed by atoms with Crippen LogP contribution < -0.4 is 0 Å². The summed E-state index contributed by atoms with van der Waals surface area (Å²) in [7, 11) is 1.62. The fourth-order valence-corrected chi connectivity index (χ4v) is 2.80. The van der Waals surface area contributed by atoms with Crippen molar-refractivity contribution in [3.8, 4) is 0 Å². The third-order valence-corrected chi connectivity index (χ3v) is 3.86. The number of β-amino-alcohol motifs (C(OH)–C–C–N with tert-alkyl or cyclic N) is 1. The van der Waals surface area contributed by atoms with Crippen molar-refractivity contribution in [2.24, 2.45) is 0 Å². The molecule has 0 aromatic carbocycles. The van der Waals surface area contributed by atoms with Crippen LogP contribution in [-0.2, 0) is 14.3 Å². The fourth-order valence-electron chi connectivity index (χ4n) is 2.80. The molecule has 0 spiro atoms. The van der Waals surface area contributed by atoms with Crippen LogP contribution in [0.5, 0.6) is 0 Å². The molecule has 0 bridgehead atoms. The topological polar surface area (TPSA) is 79.2 Å². The lowest BCUT2D eigenvalue weighted by atomic mass is 9.97. The molecule has 2 N–H and O–H groups in total. The van der Waals surface area contributed by atoms with Gasteiger partial charge in [-0.1, -0.05) is 6.42 Å². The predicted octanol–water partition coefficient (Wildman–Crippen LogP) is 1.12. The highest BCUT2D eigenvalue weighted by atomic mass is 16.5. The first-order valence-electron chi connectivity index (χ1n) is 7.77. The van der Waals surface area contributed by atoms with Crippen LogP contribution in [0.2, 0.25) is 0 Å². The first kappa shape index (κ1) is 18.4. The molecule has 21 heavy (non-hydrogen) atoms. The van der Waals surface area contributed by atoms with Crippen LogP contribution in [0.15, 0.2) is 0 Å². The summed E-state index contributed by atoms with van der Waals surface area (Å²) in [6.07, 6.45) is 3.53. The van der Waals surface area contributed by atoms with Crippen molar-refractivity contribution in [2.75, 3.05) is 33.4 Å². The van der Waals surface area contributed by atoms with Crippen LogP contribution in [-0.4, -0.2) is 72.7 Å². The average Bonchev–Trinajstić information content (AvgIpc) is 2.44. The van der Waals surface area contributed by atoms with E-state index in [0.29, 0.717) is 19.6 Å². The fraction of sp³-hybridized carbons (Fsp3) is 0.933. The number of aliphatic hydroxyl groups excluding tert-OH is 1. The Morgan fingerprint density at radius 2 is 2.14 bits per heavy atom. The third-order valence-electron chi connectivity index (χ3n) is 3.86. The molecule has 3 atom stereocenters. The van der Waals surface area contributed by atoms with Gasteiger partial charge in [0.2, 0.25) is 0 Å². The zero-order valence-electron chi connectivity index (χ0n) is 13.2. The van der Waals surface area contributed by atoms with Crippen molar-refractivity contribution < 1.29 is 24.5 Å². The molecule has 3 unspecified atom stereocenters. The highest BCUT2D eigenvalue weighted by Crippen LogP contribution is 2.21. The number of likely N-dealkylation sites (tertiary alicyclic amines) is 1. The summed E-state index contributed by atoms with van der Waals surface area (Å²) >= 11 is 0. The van der Waals surface area contributed by atoms with E-state index in [4.69, 9.17) is 14.6 Å². The molecule has 1 fully saturated rings. The highest BCUT2D eigenvalue weighted by molar-refractivity contribution is 5.66. The Kier molecular flexibility index (Phi) is 8.84. The third kappa shape index (κ3) is 7.76. The highest BCUT2D eigenvalue weighted by Gasteiger charge is 2.25. The molecule has 0 aliphatic carbocycles. The lowest BCUT2D eigenvalue weighted by Gasteiger charge is -2.36. The van der Waals surface area contributed by atoms with Crippen molar-refractivity contribution in [1.82, 2.24) is 4.90 Å².